The van der Waals surface area contributed by atoms with Gasteiger partial charge in [0.25, 0.3) is 0 Å². The molecule has 0 bridgehead atoms. The summed E-state index contributed by atoms with van der Waals surface area (Å²) in [5, 5.41) is 13.8. The molecule has 0 unspecified atom stereocenters. The predicted octanol–water partition coefficient (Wildman–Crippen LogP) is 3.84. The molecule has 0 aliphatic rings. The van der Waals surface area contributed by atoms with Crippen LogP contribution in [0, 0.1) is 10.1 Å². The first-order chi connectivity index (χ1) is 12.6. The highest BCUT2D eigenvalue weighted by atomic mass is 16.6. The minimum Gasteiger partial charge on any atom is -0.457 e. The molecule has 0 atom stereocenters. The zero-order valence-corrected chi connectivity index (χ0v) is 13.6. The minimum absolute atomic E-state index is 0.0106. The molecule has 26 heavy (non-hydrogen) atoms. The quantitative estimate of drug-likeness (QED) is 0.313. The number of aliphatic imine (C=N–C) groups is 1. The third-order valence-corrected chi connectivity index (χ3v) is 3.29. The lowest BCUT2D eigenvalue weighted by molar-refractivity contribution is -0.384. The number of para-hydroxylation sites is 1. The average Bonchev–Trinajstić information content (AvgIpc) is 2.64. The zero-order chi connectivity index (χ0) is 18.4. The number of guanidine groups is 1. The van der Waals surface area contributed by atoms with Crippen LogP contribution in [-0.2, 0) is 0 Å². The third-order valence-electron chi connectivity index (χ3n) is 3.29. The summed E-state index contributed by atoms with van der Waals surface area (Å²) in [6.07, 6.45) is 1.41. The predicted molar refractivity (Wildman–Crippen MR) is 98.8 cm³/mol. The lowest BCUT2D eigenvalue weighted by Gasteiger charge is -2.08. The lowest BCUT2D eigenvalue weighted by Crippen LogP contribution is -2.22. The zero-order valence-electron chi connectivity index (χ0n) is 13.6. The van der Waals surface area contributed by atoms with E-state index in [1.807, 2.05) is 30.3 Å². The molecule has 0 amide bonds. The molecular formula is C18H15N5O3. The van der Waals surface area contributed by atoms with Crippen LogP contribution in [0.25, 0.3) is 0 Å². The molecule has 8 heteroatoms. The van der Waals surface area contributed by atoms with Gasteiger partial charge in [0.2, 0.25) is 5.82 Å². The van der Waals surface area contributed by atoms with Crippen LogP contribution in [0.5, 0.6) is 11.5 Å². The van der Waals surface area contributed by atoms with E-state index < -0.39 is 4.92 Å². The second-order valence-corrected chi connectivity index (χ2v) is 5.16. The standard InChI is InChI=1S/C18H15N5O3/c19-18(22-17-16(23(24)25)7-4-12-20-17)21-13-8-10-15(11-9-13)26-14-5-2-1-3-6-14/h1-12H,(H3,19,20,21,22). The summed E-state index contributed by atoms with van der Waals surface area (Å²) in [5.41, 5.74) is 6.25. The van der Waals surface area contributed by atoms with Crippen molar-refractivity contribution in [2.45, 2.75) is 0 Å². The van der Waals surface area contributed by atoms with Crippen LogP contribution in [0.1, 0.15) is 0 Å². The van der Waals surface area contributed by atoms with Gasteiger partial charge in [-0.3, -0.25) is 10.1 Å². The third kappa shape index (κ3) is 4.32. The number of pyridine rings is 1. The Hall–Kier alpha value is -3.94. The van der Waals surface area contributed by atoms with Crippen molar-refractivity contribution in [2.75, 3.05) is 5.32 Å². The van der Waals surface area contributed by atoms with Crippen LogP contribution in [0.2, 0.25) is 0 Å². The molecule has 1 aromatic heterocycles. The molecule has 3 rings (SSSR count). The Morgan fingerprint density at radius 3 is 2.42 bits per heavy atom. The number of benzene rings is 2. The van der Waals surface area contributed by atoms with E-state index in [2.05, 4.69) is 15.3 Å². The molecule has 0 radical (unpaired) electrons. The second-order valence-electron chi connectivity index (χ2n) is 5.16. The summed E-state index contributed by atoms with van der Waals surface area (Å²) >= 11 is 0. The number of nitrogens with zero attached hydrogens (tertiary/aromatic N) is 3. The molecule has 3 N–H and O–H groups in total. The van der Waals surface area contributed by atoms with Crippen LogP contribution in [-0.4, -0.2) is 15.9 Å². The molecule has 0 saturated carbocycles. The Kier molecular flexibility index (Phi) is 5.04. The van der Waals surface area contributed by atoms with Gasteiger partial charge in [0.1, 0.15) is 11.5 Å². The van der Waals surface area contributed by atoms with Gasteiger partial charge in [-0.15, -0.1) is 0 Å². The molecular weight excluding hydrogens is 334 g/mol. The summed E-state index contributed by atoms with van der Waals surface area (Å²) in [7, 11) is 0. The Bertz CT molecular complexity index is 927. The molecule has 0 saturated heterocycles. The Morgan fingerprint density at radius 1 is 1.04 bits per heavy atom. The average molecular weight is 349 g/mol. The molecule has 0 aliphatic carbocycles. The maximum atomic E-state index is 11.0. The highest BCUT2D eigenvalue weighted by Gasteiger charge is 2.13. The van der Waals surface area contributed by atoms with Crippen LogP contribution in [0.3, 0.4) is 0 Å². The van der Waals surface area contributed by atoms with E-state index in [0.29, 0.717) is 11.4 Å². The van der Waals surface area contributed by atoms with E-state index in [4.69, 9.17) is 10.5 Å². The van der Waals surface area contributed by atoms with Crippen LogP contribution in [0.15, 0.2) is 77.9 Å². The molecule has 0 spiro atoms. The maximum absolute atomic E-state index is 11.0. The van der Waals surface area contributed by atoms with Gasteiger partial charge in [-0.2, -0.15) is 4.99 Å². The van der Waals surface area contributed by atoms with Crippen molar-refractivity contribution in [2.24, 2.45) is 10.7 Å². The van der Waals surface area contributed by atoms with E-state index in [9.17, 15) is 10.1 Å². The molecule has 8 nitrogen and oxygen atoms in total. The van der Waals surface area contributed by atoms with Gasteiger partial charge in [0, 0.05) is 18.0 Å². The first-order valence-electron chi connectivity index (χ1n) is 7.65. The van der Waals surface area contributed by atoms with E-state index in [1.165, 1.54) is 18.3 Å². The van der Waals surface area contributed by atoms with Crippen molar-refractivity contribution in [3.63, 3.8) is 0 Å². The van der Waals surface area contributed by atoms with Gasteiger partial charge in [-0.05, 0) is 42.5 Å². The SMILES string of the molecule is N/C(=N\c1ncccc1[N+](=O)[O-])Nc1ccc(Oc2ccccc2)cc1. The molecule has 0 fully saturated rings. The largest absolute Gasteiger partial charge is 0.457 e. The van der Waals surface area contributed by atoms with Crippen LogP contribution >= 0.6 is 0 Å². The summed E-state index contributed by atoms with van der Waals surface area (Å²) in [6.45, 7) is 0. The normalized spacial score (nSPS) is 11.0. The van der Waals surface area contributed by atoms with Gasteiger partial charge in [0.15, 0.2) is 5.96 Å². The number of hydrogen-bond donors (Lipinski definition) is 2. The number of nitrogens with two attached hydrogens (primary N) is 1. The van der Waals surface area contributed by atoms with Crippen LogP contribution < -0.4 is 15.8 Å². The fourth-order valence-electron chi connectivity index (χ4n) is 2.14. The van der Waals surface area contributed by atoms with Gasteiger partial charge in [0.05, 0.1) is 4.92 Å². The summed E-state index contributed by atoms with van der Waals surface area (Å²) < 4.78 is 5.70. The number of anilines is 1. The summed E-state index contributed by atoms with van der Waals surface area (Å²) in [6, 6.07) is 19.2. The van der Waals surface area contributed by atoms with Crippen molar-refractivity contribution in [1.82, 2.24) is 4.98 Å². The smallest absolute Gasteiger partial charge is 0.313 e. The topological polar surface area (TPSA) is 116 Å². The van der Waals surface area contributed by atoms with Crippen molar-refractivity contribution < 1.29 is 9.66 Å². The highest BCUT2D eigenvalue weighted by molar-refractivity contribution is 5.94. The molecule has 0 aliphatic heterocycles. The molecule has 2 aromatic carbocycles. The summed E-state index contributed by atoms with van der Waals surface area (Å²) in [4.78, 5) is 18.2. The Balaban J connectivity index is 1.70. The van der Waals surface area contributed by atoms with Crippen molar-refractivity contribution in [3.05, 3.63) is 83.0 Å². The second kappa shape index (κ2) is 7.75. The van der Waals surface area contributed by atoms with E-state index >= 15 is 0 Å². The number of nitro groups is 1. The number of hydrogen-bond acceptors (Lipinski definition) is 5. The van der Waals surface area contributed by atoms with Gasteiger partial charge in [-0.1, -0.05) is 18.2 Å². The van der Waals surface area contributed by atoms with Crippen molar-refractivity contribution in [3.8, 4) is 11.5 Å². The van der Waals surface area contributed by atoms with Gasteiger partial charge in [-0.25, -0.2) is 4.98 Å². The van der Waals surface area contributed by atoms with E-state index in [1.54, 1.807) is 24.3 Å². The molecule has 3 aromatic rings. The fourth-order valence-corrected chi connectivity index (χ4v) is 2.14. The van der Waals surface area contributed by atoms with E-state index in [0.717, 1.165) is 5.75 Å². The number of nitrogens with one attached hydrogen (secondary N) is 1. The molecule has 1 heterocycles. The molecule has 130 valence electrons. The summed E-state index contributed by atoms with van der Waals surface area (Å²) in [5.74, 6) is 1.32. The first-order valence-corrected chi connectivity index (χ1v) is 7.65. The fraction of sp³-hybridized carbons (Fsp3) is 0. The van der Waals surface area contributed by atoms with Crippen molar-refractivity contribution >= 4 is 23.2 Å². The monoisotopic (exact) mass is 349 g/mol. The number of ether oxygens (including phenoxy) is 1. The van der Waals surface area contributed by atoms with Gasteiger partial charge < -0.3 is 15.8 Å². The number of rotatable bonds is 5. The highest BCUT2D eigenvalue weighted by Crippen LogP contribution is 2.24. The minimum atomic E-state index is -0.561. The van der Waals surface area contributed by atoms with Crippen molar-refractivity contribution in [1.29, 1.82) is 0 Å². The van der Waals surface area contributed by atoms with E-state index in [-0.39, 0.29) is 17.5 Å². The van der Waals surface area contributed by atoms with Crippen LogP contribution in [0.4, 0.5) is 17.2 Å². The maximum Gasteiger partial charge on any atom is 0.313 e. The lowest BCUT2D eigenvalue weighted by atomic mass is 10.3. The Labute approximate surface area is 149 Å². The number of aromatic nitrogens is 1. The Morgan fingerprint density at radius 2 is 1.73 bits per heavy atom. The van der Waals surface area contributed by atoms with Gasteiger partial charge >= 0.3 is 5.69 Å². The first kappa shape index (κ1) is 16.9.